The van der Waals surface area contributed by atoms with E-state index in [2.05, 4.69) is 5.32 Å². The van der Waals surface area contributed by atoms with Gasteiger partial charge in [-0.2, -0.15) is 0 Å². The fourth-order valence-corrected chi connectivity index (χ4v) is 3.25. The summed E-state index contributed by atoms with van der Waals surface area (Å²) in [4.78, 5) is 12.5. The highest BCUT2D eigenvalue weighted by Gasteiger charge is 2.19. The molecule has 0 saturated heterocycles. The summed E-state index contributed by atoms with van der Waals surface area (Å²) in [5, 5.41) is 2.97. The molecular weight excluding hydrogens is 352 g/mol. The fourth-order valence-electron chi connectivity index (χ4n) is 2.58. The summed E-state index contributed by atoms with van der Waals surface area (Å²) in [6.07, 6.45) is 2.06. The van der Waals surface area contributed by atoms with Gasteiger partial charge in [0, 0.05) is 12.7 Å². The van der Waals surface area contributed by atoms with Crippen LogP contribution in [0.5, 0.6) is 5.75 Å². The number of benzene rings is 2. The number of nitrogens with two attached hydrogens (primary N) is 1. The van der Waals surface area contributed by atoms with E-state index in [4.69, 9.17) is 10.5 Å². The third-order valence-electron chi connectivity index (χ3n) is 3.98. The quantitative estimate of drug-likeness (QED) is 0.735. The van der Waals surface area contributed by atoms with E-state index in [1.165, 1.54) is 0 Å². The van der Waals surface area contributed by atoms with E-state index in [0.29, 0.717) is 30.7 Å². The lowest BCUT2D eigenvalue weighted by molar-refractivity contribution is -0.121. The zero-order valence-electron chi connectivity index (χ0n) is 14.9. The van der Waals surface area contributed by atoms with E-state index < -0.39 is 15.9 Å². The number of hydrogen-bond donors (Lipinski definition) is 2. The lowest BCUT2D eigenvalue weighted by atomic mass is 9.98. The van der Waals surface area contributed by atoms with E-state index in [1.807, 2.05) is 12.1 Å². The van der Waals surface area contributed by atoms with Gasteiger partial charge in [0.1, 0.15) is 5.75 Å². The highest BCUT2D eigenvalue weighted by atomic mass is 32.2. The zero-order chi connectivity index (χ0) is 19.2. The molecule has 0 fully saturated rings. The first-order chi connectivity index (χ1) is 12.3. The molecule has 0 heterocycles. The third-order valence-corrected chi connectivity index (χ3v) is 5.09. The fraction of sp³-hybridized carbons (Fsp3) is 0.316. The standard InChI is InChI=1S/C19H24N2O4S/c1-25-16-10-8-14(9-11-16)19(21-18(22)7-4-12-20)15-5-3-6-17(13-15)26(2,23)24/h3,5-6,8-11,13,19H,4,7,12,20H2,1-2H3,(H,21,22). The van der Waals surface area contributed by atoms with Gasteiger partial charge in [-0.1, -0.05) is 24.3 Å². The topological polar surface area (TPSA) is 98.5 Å². The van der Waals surface area contributed by atoms with Crippen LogP contribution in [0.25, 0.3) is 0 Å². The summed E-state index contributed by atoms with van der Waals surface area (Å²) in [5.74, 6) is 0.563. The minimum absolute atomic E-state index is 0.138. The molecule has 2 aromatic carbocycles. The van der Waals surface area contributed by atoms with Gasteiger partial charge in [-0.25, -0.2) is 8.42 Å². The van der Waals surface area contributed by atoms with Gasteiger partial charge in [0.05, 0.1) is 18.0 Å². The molecule has 6 nitrogen and oxygen atoms in total. The SMILES string of the molecule is COc1ccc(C(NC(=O)CCCN)c2cccc(S(C)(=O)=O)c2)cc1. The molecule has 3 N–H and O–H groups in total. The van der Waals surface area contributed by atoms with Gasteiger partial charge in [0.15, 0.2) is 9.84 Å². The van der Waals surface area contributed by atoms with Gasteiger partial charge in [-0.15, -0.1) is 0 Å². The van der Waals surface area contributed by atoms with Crippen molar-refractivity contribution in [1.82, 2.24) is 5.32 Å². The molecule has 1 unspecified atom stereocenters. The minimum atomic E-state index is -3.34. The maximum absolute atomic E-state index is 12.3. The molecule has 0 bridgehead atoms. The van der Waals surface area contributed by atoms with Gasteiger partial charge in [0.25, 0.3) is 0 Å². The predicted molar refractivity (Wildman–Crippen MR) is 101 cm³/mol. The van der Waals surface area contributed by atoms with Crippen LogP contribution in [0, 0.1) is 0 Å². The van der Waals surface area contributed by atoms with Crippen LogP contribution in [-0.2, 0) is 14.6 Å². The van der Waals surface area contributed by atoms with E-state index in [9.17, 15) is 13.2 Å². The molecule has 1 atom stereocenters. The van der Waals surface area contributed by atoms with Gasteiger partial charge < -0.3 is 15.8 Å². The van der Waals surface area contributed by atoms with Crippen molar-refractivity contribution in [3.63, 3.8) is 0 Å². The second-order valence-corrected chi connectivity index (χ2v) is 8.03. The van der Waals surface area contributed by atoms with E-state index >= 15 is 0 Å². The molecule has 140 valence electrons. The lowest BCUT2D eigenvalue weighted by Crippen LogP contribution is -2.29. The highest BCUT2D eigenvalue weighted by molar-refractivity contribution is 7.90. The Kier molecular flexibility index (Phi) is 6.76. The van der Waals surface area contributed by atoms with Crippen LogP contribution in [0.2, 0.25) is 0 Å². The summed E-state index contributed by atoms with van der Waals surface area (Å²) in [5.41, 5.74) is 6.99. The summed E-state index contributed by atoms with van der Waals surface area (Å²) >= 11 is 0. The van der Waals surface area contributed by atoms with Crippen molar-refractivity contribution >= 4 is 15.7 Å². The molecule has 2 rings (SSSR count). The number of methoxy groups -OCH3 is 1. The Balaban J connectivity index is 2.40. The predicted octanol–water partition coefficient (Wildman–Crippen LogP) is 2.04. The molecular formula is C19H24N2O4S. The van der Waals surface area contributed by atoms with Crippen LogP contribution in [0.1, 0.15) is 30.0 Å². The molecule has 0 aliphatic heterocycles. The number of carbonyl (C=O) groups is 1. The van der Waals surface area contributed by atoms with Crippen molar-refractivity contribution in [3.8, 4) is 5.75 Å². The molecule has 26 heavy (non-hydrogen) atoms. The number of sulfone groups is 1. The van der Waals surface area contributed by atoms with Crippen molar-refractivity contribution < 1.29 is 17.9 Å². The van der Waals surface area contributed by atoms with E-state index in [0.717, 1.165) is 11.8 Å². The van der Waals surface area contributed by atoms with Gasteiger partial charge >= 0.3 is 0 Å². The number of rotatable bonds is 8. The Bertz CT molecular complexity index is 848. The Morgan fingerprint density at radius 3 is 2.42 bits per heavy atom. The minimum Gasteiger partial charge on any atom is -0.497 e. The largest absolute Gasteiger partial charge is 0.497 e. The molecule has 7 heteroatoms. The van der Waals surface area contributed by atoms with Crippen molar-refractivity contribution in [2.45, 2.75) is 23.8 Å². The highest BCUT2D eigenvalue weighted by Crippen LogP contribution is 2.26. The molecule has 1 amide bonds. The van der Waals surface area contributed by atoms with Crippen LogP contribution >= 0.6 is 0 Å². The van der Waals surface area contributed by atoms with Crippen molar-refractivity contribution in [2.75, 3.05) is 19.9 Å². The van der Waals surface area contributed by atoms with Gasteiger partial charge in [0.2, 0.25) is 5.91 Å². The Hall–Kier alpha value is -2.38. The molecule has 0 spiro atoms. The normalized spacial score (nSPS) is 12.4. The number of carbonyl (C=O) groups excluding carboxylic acids is 1. The van der Waals surface area contributed by atoms with Crippen LogP contribution in [0.15, 0.2) is 53.4 Å². The Morgan fingerprint density at radius 1 is 1.15 bits per heavy atom. The maximum atomic E-state index is 12.3. The van der Waals surface area contributed by atoms with Crippen LogP contribution in [-0.4, -0.2) is 34.2 Å². The van der Waals surface area contributed by atoms with Crippen LogP contribution in [0.3, 0.4) is 0 Å². The molecule has 0 aliphatic rings. The first kappa shape index (κ1) is 19.9. The summed E-state index contributed by atoms with van der Waals surface area (Å²) < 4.78 is 28.9. The van der Waals surface area contributed by atoms with Crippen LogP contribution in [0.4, 0.5) is 0 Å². The average molecular weight is 376 g/mol. The second-order valence-electron chi connectivity index (χ2n) is 6.01. The van der Waals surface area contributed by atoms with Crippen molar-refractivity contribution in [3.05, 3.63) is 59.7 Å². The summed E-state index contributed by atoms with van der Waals surface area (Å²) in [6.45, 7) is 0.435. The Labute approximate surface area is 154 Å². The monoisotopic (exact) mass is 376 g/mol. The zero-order valence-corrected chi connectivity index (χ0v) is 15.8. The first-order valence-electron chi connectivity index (χ1n) is 8.28. The van der Waals surface area contributed by atoms with Crippen LogP contribution < -0.4 is 15.8 Å². The first-order valence-corrected chi connectivity index (χ1v) is 10.2. The van der Waals surface area contributed by atoms with Gasteiger partial charge in [-0.05, 0) is 48.4 Å². The Morgan fingerprint density at radius 2 is 1.85 bits per heavy atom. The maximum Gasteiger partial charge on any atom is 0.220 e. The number of amides is 1. The third kappa shape index (κ3) is 5.31. The van der Waals surface area contributed by atoms with Crippen molar-refractivity contribution in [1.29, 1.82) is 0 Å². The number of ether oxygens (including phenoxy) is 1. The van der Waals surface area contributed by atoms with E-state index in [-0.39, 0.29) is 10.8 Å². The summed E-state index contributed by atoms with van der Waals surface area (Å²) in [6, 6.07) is 13.4. The van der Waals surface area contributed by atoms with Gasteiger partial charge in [-0.3, -0.25) is 4.79 Å². The molecule has 0 radical (unpaired) electrons. The number of nitrogens with one attached hydrogen (secondary N) is 1. The number of hydrogen-bond acceptors (Lipinski definition) is 5. The summed E-state index contributed by atoms with van der Waals surface area (Å²) in [7, 11) is -1.76. The molecule has 0 saturated carbocycles. The average Bonchev–Trinajstić information content (AvgIpc) is 2.64. The smallest absolute Gasteiger partial charge is 0.220 e. The van der Waals surface area contributed by atoms with E-state index in [1.54, 1.807) is 43.5 Å². The molecule has 0 aromatic heterocycles. The second kappa shape index (κ2) is 8.82. The van der Waals surface area contributed by atoms with Crippen molar-refractivity contribution in [2.24, 2.45) is 5.73 Å². The molecule has 2 aromatic rings. The lowest BCUT2D eigenvalue weighted by Gasteiger charge is -2.21. The molecule has 0 aliphatic carbocycles.